The monoisotopic (exact) mass is 255 g/mol. The van der Waals surface area contributed by atoms with Gasteiger partial charge in [-0.05, 0) is 25.0 Å². The molecule has 0 bridgehead atoms. The minimum Gasteiger partial charge on any atom is -0.346 e. The summed E-state index contributed by atoms with van der Waals surface area (Å²) in [6.07, 6.45) is 2.20. The van der Waals surface area contributed by atoms with Crippen LogP contribution < -0.4 is 5.32 Å². The van der Waals surface area contributed by atoms with Crippen LogP contribution in [0.2, 0.25) is 0 Å². The van der Waals surface area contributed by atoms with Gasteiger partial charge in [-0.2, -0.15) is 0 Å². The molecular weight excluding hydrogens is 238 g/mol. The van der Waals surface area contributed by atoms with Gasteiger partial charge < -0.3 is 9.88 Å². The number of ketones is 1. The first-order valence-electron chi connectivity index (χ1n) is 6.52. The normalized spacial score (nSPS) is 19.9. The number of benzene rings is 1. The fraction of sp³-hybridized carbons (Fsp3) is 0.333. The summed E-state index contributed by atoms with van der Waals surface area (Å²) in [7, 11) is 1.96. The van der Waals surface area contributed by atoms with Gasteiger partial charge in [0.15, 0.2) is 5.78 Å². The van der Waals surface area contributed by atoms with Crippen molar-refractivity contribution in [1.29, 1.82) is 0 Å². The van der Waals surface area contributed by atoms with E-state index in [9.17, 15) is 4.79 Å². The fourth-order valence-electron chi connectivity index (χ4n) is 2.55. The number of imidazole rings is 1. The Kier molecular flexibility index (Phi) is 2.85. The third kappa shape index (κ3) is 2.14. The van der Waals surface area contributed by atoms with Gasteiger partial charge in [0, 0.05) is 13.5 Å². The van der Waals surface area contributed by atoms with Crippen molar-refractivity contribution >= 4 is 22.8 Å². The highest BCUT2D eigenvalue weighted by atomic mass is 16.1. The van der Waals surface area contributed by atoms with E-state index >= 15 is 0 Å². The number of aromatic nitrogens is 2. The number of nitrogens with one attached hydrogen (secondary N) is 1. The van der Waals surface area contributed by atoms with E-state index in [2.05, 4.69) is 16.9 Å². The Morgan fingerprint density at radius 2 is 2.21 bits per heavy atom. The number of anilines is 1. The SMILES string of the molecule is C=C1CCC(Nc2nc3ccccc3n2C)C(=O)C1. The Morgan fingerprint density at radius 1 is 1.42 bits per heavy atom. The molecule has 0 amide bonds. The van der Waals surface area contributed by atoms with Crippen molar-refractivity contribution < 1.29 is 4.79 Å². The van der Waals surface area contributed by atoms with Gasteiger partial charge in [0.05, 0.1) is 17.1 Å². The Labute approximate surface area is 112 Å². The van der Waals surface area contributed by atoms with E-state index in [4.69, 9.17) is 0 Å². The van der Waals surface area contributed by atoms with Crippen molar-refractivity contribution in [1.82, 2.24) is 9.55 Å². The molecule has 1 atom stereocenters. The highest BCUT2D eigenvalue weighted by Gasteiger charge is 2.25. The van der Waals surface area contributed by atoms with Gasteiger partial charge in [-0.3, -0.25) is 4.79 Å². The summed E-state index contributed by atoms with van der Waals surface area (Å²) in [5.74, 6) is 0.968. The third-order valence-corrected chi connectivity index (χ3v) is 3.69. The average Bonchev–Trinajstić information content (AvgIpc) is 2.70. The maximum atomic E-state index is 12.0. The zero-order chi connectivity index (χ0) is 13.4. The molecule has 1 aliphatic carbocycles. The van der Waals surface area contributed by atoms with Crippen LogP contribution in [-0.2, 0) is 11.8 Å². The summed E-state index contributed by atoms with van der Waals surface area (Å²) in [5, 5.41) is 3.27. The Balaban J connectivity index is 1.87. The predicted octanol–water partition coefficient (Wildman–Crippen LogP) is 2.66. The zero-order valence-electron chi connectivity index (χ0n) is 11.0. The first kappa shape index (κ1) is 12.0. The highest BCUT2D eigenvalue weighted by Crippen LogP contribution is 2.24. The molecule has 98 valence electrons. The highest BCUT2D eigenvalue weighted by molar-refractivity contribution is 5.89. The second-order valence-electron chi connectivity index (χ2n) is 5.11. The summed E-state index contributed by atoms with van der Waals surface area (Å²) in [6.45, 7) is 3.89. The van der Waals surface area contributed by atoms with E-state index in [0.717, 1.165) is 35.4 Å². The second-order valence-corrected chi connectivity index (χ2v) is 5.11. The van der Waals surface area contributed by atoms with Gasteiger partial charge in [0.1, 0.15) is 0 Å². The molecule has 1 saturated carbocycles. The van der Waals surface area contributed by atoms with Crippen molar-refractivity contribution in [2.24, 2.45) is 7.05 Å². The Bertz CT molecular complexity index is 656. The van der Waals surface area contributed by atoms with E-state index in [-0.39, 0.29) is 11.8 Å². The summed E-state index contributed by atoms with van der Waals surface area (Å²) in [5.41, 5.74) is 3.05. The molecule has 2 aromatic rings. The van der Waals surface area contributed by atoms with Crippen molar-refractivity contribution in [2.45, 2.75) is 25.3 Å². The number of fused-ring (bicyclic) bond motifs is 1. The Morgan fingerprint density at radius 3 is 2.95 bits per heavy atom. The number of rotatable bonds is 2. The van der Waals surface area contributed by atoms with Crippen molar-refractivity contribution in [3.8, 4) is 0 Å². The molecule has 3 rings (SSSR count). The minimum atomic E-state index is -0.138. The van der Waals surface area contributed by atoms with Gasteiger partial charge in [-0.25, -0.2) is 4.98 Å². The van der Waals surface area contributed by atoms with Crippen LogP contribution in [0.5, 0.6) is 0 Å². The molecular formula is C15H17N3O. The lowest BCUT2D eigenvalue weighted by atomic mass is 9.91. The van der Waals surface area contributed by atoms with Gasteiger partial charge in [0.25, 0.3) is 0 Å². The van der Waals surface area contributed by atoms with E-state index in [1.165, 1.54) is 0 Å². The van der Waals surface area contributed by atoms with Crippen molar-refractivity contribution in [3.05, 3.63) is 36.4 Å². The molecule has 0 saturated heterocycles. The molecule has 19 heavy (non-hydrogen) atoms. The summed E-state index contributed by atoms with van der Waals surface area (Å²) in [4.78, 5) is 16.5. The van der Waals surface area contributed by atoms with Crippen molar-refractivity contribution in [2.75, 3.05) is 5.32 Å². The first-order chi connectivity index (χ1) is 9.15. The summed E-state index contributed by atoms with van der Waals surface area (Å²) < 4.78 is 1.99. The molecule has 1 aliphatic rings. The molecule has 0 radical (unpaired) electrons. The molecule has 4 nitrogen and oxygen atoms in total. The van der Waals surface area contributed by atoms with E-state index in [0.29, 0.717) is 6.42 Å². The van der Waals surface area contributed by atoms with E-state index in [1.807, 2.05) is 35.9 Å². The first-order valence-corrected chi connectivity index (χ1v) is 6.52. The molecule has 0 spiro atoms. The number of carbonyl (C=O) groups excluding carboxylic acids is 1. The number of Topliss-reactive ketones (excluding diaryl/α,β-unsaturated/α-hetero) is 1. The molecule has 1 unspecified atom stereocenters. The maximum Gasteiger partial charge on any atom is 0.204 e. The number of hydrogen-bond acceptors (Lipinski definition) is 3. The molecule has 1 fully saturated rings. The van der Waals surface area contributed by atoms with Crippen LogP contribution in [0.1, 0.15) is 19.3 Å². The maximum absolute atomic E-state index is 12.0. The lowest BCUT2D eigenvalue weighted by Gasteiger charge is -2.23. The lowest BCUT2D eigenvalue weighted by molar-refractivity contribution is -0.119. The zero-order valence-corrected chi connectivity index (χ0v) is 11.0. The third-order valence-electron chi connectivity index (χ3n) is 3.69. The number of hydrogen-bond donors (Lipinski definition) is 1. The van der Waals surface area contributed by atoms with Crippen LogP contribution in [0.3, 0.4) is 0 Å². The fourth-order valence-corrected chi connectivity index (χ4v) is 2.55. The Hall–Kier alpha value is -2.10. The topological polar surface area (TPSA) is 46.9 Å². The quantitative estimate of drug-likeness (QED) is 0.839. The van der Waals surface area contributed by atoms with Crippen LogP contribution >= 0.6 is 0 Å². The van der Waals surface area contributed by atoms with Gasteiger partial charge >= 0.3 is 0 Å². The van der Waals surface area contributed by atoms with Crippen LogP contribution in [0.15, 0.2) is 36.4 Å². The molecule has 1 aromatic carbocycles. The van der Waals surface area contributed by atoms with Crippen molar-refractivity contribution in [3.63, 3.8) is 0 Å². The molecule has 4 heteroatoms. The summed E-state index contributed by atoms with van der Waals surface area (Å²) >= 11 is 0. The number of aryl methyl sites for hydroxylation is 1. The second kappa shape index (κ2) is 4.53. The lowest BCUT2D eigenvalue weighted by Crippen LogP contribution is -2.33. The van der Waals surface area contributed by atoms with Gasteiger partial charge in [-0.1, -0.05) is 24.3 Å². The minimum absolute atomic E-state index is 0.138. The predicted molar refractivity (Wildman–Crippen MR) is 76.1 cm³/mol. The number of para-hydroxylation sites is 2. The van der Waals surface area contributed by atoms with E-state index < -0.39 is 0 Å². The summed E-state index contributed by atoms with van der Waals surface area (Å²) in [6, 6.07) is 7.82. The van der Waals surface area contributed by atoms with Crippen LogP contribution in [0, 0.1) is 0 Å². The van der Waals surface area contributed by atoms with Crippen LogP contribution in [0.4, 0.5) is 5.95 Å². The molecule has 1 N–H and O–H groups in total. The van der Waals surface area contributed by atoms with E-state index in [1.54, 1.807) is 0 Å². The number of allylic oxidation sites excluding steroid dienone is 1. The largest absolute Gasteiger partial charge is 0.346 e. The number of carbonyl (C=O) groups is 1. The molecule has 1 heterocycles. The average molecular weight is 255 g/mol. The number of nitrogens with zero attached hydrogens (tertiary/aromatic N) is 2. The molecule has 1 aromatic heterocycles. The van der Waals surface area contributed by atoms with Gasteiger partial charge in [0.2, 0.25) is 5.95 Å². The van der Waals surface area contributed by atoms with Gasteiger partial charge in [-0.15, -0.1) is 0 Å². The molecule has 0 aliphatic heterocycles. The standard InChI is InChI=1S/C15H17N3O/c1-10-7-8-12(14(19)9-10)17-15-16-11-5-3-4-6-13(11)18(15)2/h3-6,12H,1,7-9H2,2H3,(H,16,17). The van der Waals surface area contributed by atoms with Crippen LogP contribution in [-0.4, -0.2) is 21.4 Å². The van der Waals surface area contributed by atoms with Crippen LogP contribution in [0.25, 0.3) is 11.0 Å². The smallest absolute Gasteiger partial charge is 0.204 e.